The molecule has 3 rings (SSSR count). The van der Waals surface area contributed by atoms with Gasteiger partial charge in [-0.3, -0.25) is 4.79 Å². The molecule has 27 heavy (non-hydrogen) atoms. The highest BCUT2D eigenvalue weighted by molar-refractivity contribution is 6.02. The second-order valence-corrected chi connectivity index (χ2v) is 5.78. The molecule has 3 aromatic rings. The Morgan fingerprint density at radius 1 is 0.852 bits per heavy atom. The number of esters is 1. The van der Waals surface area contributed by atoms with E-state index in [1.807, 2.05) is 6.07 Å². The van der Waals surface area contributed by atoms with Crippen molar-refractivity contribution in [1.82, 2.24) is 0 Å². The van der Waals surface area contributed by atoms with Gasteiger partial charge in [0.1, 0.15) is 5.56 Å². The van der Waals surface area contributed by atoms with Crippen molar-refractivity contribution >= 4 is 11.8 Å². The Labute approximate surface area is 156 Å². The maximum atomic E-state index is 13.0. The van der Waals surface area contributed by atoms with Gasteiger partial charge >= 0.3 is 5.97 Å². The zero-order chi connectivity index (χ0) is 19.2. The smallest absolute Gasteiger partial charge is 0.343 e. The first kappa shape index (κ1) is 18.2. The van der Waals surface area contributed by atoms with Crippen molar-refractivity contribution in [2.45, 2.75) is 6.10 Å². The lowest BCUT2D eigenvalue weighted by Gasteiger charge is -2.18. The van der Waals surface area contributed by atoms with E-state index in [1.54, 1.807) is 60.7 Å². The van der Waals surface area contributed by atoms with E-state index in [-0.39, 0.29) is 22.8 Å². The molecule has 136 valence electrons. The molecule has 0 radical (unpaired) electrons. The van der Waals surface area contributed by atoms with Crippen molar-refractivity contribution in [3.63, 3.8) is 0 Å². The number of Topliss-reactive ketones (excluding diaryl/α,β-unsaturated/α-hetero) is 1. The summed E-state index contributed by atoms with van der Waals surface area (Å²) in [6, 6.07) is 21.9. The van der Waals surface area contributed by atoms with Crippen LogP contribution in [0.4, 0.5) is 0 Å². The van der Waals surface area contributed by atoms with Gasteiger partial charge in [-0.05, 0) is 12.1 Å². The second kappa shape index (κ2) is 8.19. The van der Waals surface area contributed by atoms with Gasteiger partial charge in [0.15, 0.2) is 17.6 Å². The molecule has 5 nitrogen and oxygen atoms in total. The van der Waals surface area contributed by atoms with Crippen LogP contribution in [0.2, 0.25) is 0 Å². The second-order valence-electron chi connectivity index (χ2n) is 5.78. The van der Waals surface area contributed by atoms with E-state index < -0.39 is 12.1 Å². The minimum Gasteiger partial charge on any atom is -0.504 e. The fourth-order valence-electron chi connectivity index (χ4n) is 2.68. The highest BCUT2D eigenvalue weighted by atomic mass is 16.5. The standard InChI is InChI=1S/C22H18O5/c1-26-18-14-8-13-17(20(18)24)22(25)27-21(16-11-6-3-7-12-16)19(23)15-9-4-2-5-10-15/h2-14,21,24H,1H3. The van der Waals surface area contributed by atoms with Gasteiger partial charge < -0.3 is 14.6 Å². The lowest BCUT2D eigenvalue weighted by atomic mass is 9.99. The molecule has 0 spiro atoms. The molecule has 0 aromatic heterocycles. The van der Waals surface area contributed by atoms with Gasteiger partial charge in [0.05, 0.1) is 7.11 Å². The molecule has 3 aromatic carbocycles. The van der Waals surface area contributed by atoms with E-state index in [9.17, 15) is 14.7 Å². The van der Waals surface area contributed by atoms with Crippen LogP contribution < -0.4 is 4.74 Å². The van der Waals surface area contributed by atoms with Crippen LogP contribution in [-0.2, 0) is 4.74 Å². The number of phenolic OH excluding ortho intramolecular Hbond substituents is 1. The minimum absolute atomic E-state index is 0.0730. The first-order chi connectivity index (χ1) is 13.1. The number of hydrogen-bond donors (Lipinski definition) is 1. The Kier molecular flexibility index (Phi) is 5.52. The van der Waals surface area contributed by atoms with Crippen LogP contribution in [-0.4, -0.2) is 24.0 Å². The number of carbonyl (C=O) groups is 2. The van der Waals surface area contributed by atoms with Gasteiger partial charge in [0, 0.05) is 11.1 Å². The maximum Gasteiger partial charge on any atom is 0.343 e. The first-order valence-electron chi connectivity index (χ1n) is 8.33. The molecule has 0 saturated heterocycles. The lowest BCUT2D eigenvalue weighted by molar-refractivity contribution is 0.0277. The normalized spacial score (nSPS) is 11.4. The molecular formula is C22H18O5. The Morgan fingerprint density at radius 3 is 2.11 bits per heavy atom. The van der Waals surface area contributed by atoms with Crippen LogP contribution in [0.3, 0.4) is 0 Å². The number of rotatable bonds is 6. The van der Waals surface area contributed by atoms with Gasteiger partial charge in [-0.25, -0.2) is 4.79 Å². The molecule has 5 heteroatoms. The van der Waals surface area contributed by atoms with Crippen molar-refractivity contribution < 1.29 is 24.2 Å². The van der Waals surface area contributed by atoms with Crippen LogP contribution >= 0.6 is 0 Å². The number of ketones is 1. The molecule has 0 aliphatic heterocycles. The van der Waals surface area contributed by atoms with Gasteiger partial charge in [-0.15, -0.1) is 0 Å². The molecule has 0 aliphatic rings. The highest BCUT2D eigenvalue weighted by Gasteiger charge is 2.28. The molecule has 1 atom stereocenters. The van der Waals surface area contributed by atoms with Crippen molar-refractivity contribution in [2.24, 2.45) is 0 Å². The molecule has 0 aliphatic carbocycles. The quantitative estimate of drug-likeness (QED) is 0.526. The van der Waals surface area contributed by atoms with E-state index in [2.05, 4.69) is 0 Å². The predicted octanol–water partition coefficient (Wildman–Crippen LogP) is 4.18. The fourth-order valence-corrected chi connectivity index (χ4v) is 2.68. The van der Waals surface area contributed by atoms with E-state index in [1.165, 1.54) is 19.2 Å². The summed E-state index contributed by atoms with van der Waals surface area (Å²) >= 11 is 0. The molecule has 0 fully saturated rings. The number of phenols is 1. The highest BCUT2D eigenvalue weighted by Crippen LogP contribution is 2.32. The van der Waals surface area contributed by atoms with Crippen LogP contribution in [0.1, 0.15) is 32.4 Å². The summed E-state index contributed by atoms with van der Waals surface area (Å²) < 4.78 is 10.5. The Balaban J connectivity index is 1.95. The van der Waals surface area contributed by atoms with E-state index in [0.717, 1.165) is 0 Å². The number of hydrogen-bond acceptors (Lipinski definition) is 5. The van der Waals surface area contributed by atoms with Crippen LogP contribution in [0.15, 0.2) is 78.9 Å². The third kappa shape index (κ3) is 3.98. The molecule has 1 N–H and O–H groups in total. The van der Waals surface area contributed by atoms with Gasteiger partial charge in [0.2, 0.25) is 5.78 Å². The molecular weight excluding hydrogens is 344 g/mol. The van der Waals surface area contributed by atoms with Crippen LogP contribution in [0.5, 0.6) is 11.5 Å². The topological polar surface area (TPSA) is 72.8 Å². The molecule has 0 amide bonds. The minimum atomic E-state index is -1.13. The number of para-hydroxylation sites is 1. The van der Waals surface area contributed by atoms with Gasteiger partial charge in [-0.2, -0.15) is 0 Å². The number of benzene rings is 3. The zero-order valence-corrected chi connectivity index (χ0v) is 14.7. The zero-order valence-electron chi connectivity index (χ0n) is 14.7. The molecule has 0 saturated carbocycles. The molecule has 0 bridgehead atoms. The summed E-state index contributed by atoms with van der Waals surface area (Å²) in [7, 11) is 1.38. The van der Waals surface area contributed by atoms with Crippen molar-refractivity contribution in [3.8, 4) is 11.5 Å². The van der Waals surface area contributed by atoms with Gasteiger partial charge in [0.25, 0.3) is 0 Å². The lowest BCUT2D eigenvalue weighted by Crippen LogP contribution is -2.20. The largest absolute Gasteiger partial charge is 0.504 e. The van der Waals surface area contributed by atoms with Crippen molar-refractivity contribution in [3.05, 3.63) is 95.6 Å². The summed E-state index contributed by atoms with van der Waals surface area (Å²) in [5.41, 5.74) is 0.896. The Hall–Kier alpha value is -3.60. The maximum absolute atomic E-state index is 13.0. The molecule has 0 heterocycles. The van der Waals surface area contributed by atoms with Crippen molar-refractivity contribution in [2.75, 3.05) is 7.11 Å². The number of carbonyl (C=O) groups excluding carboxylic acids is 2. The summed E-state index contributed by atoms with van der Waals surface area (Å²) in [6.45, 7) is 0. The number of aromatic hydroxyl groups is 1. The molecule has 1 unspecified atom stereocenters. The number of ether oxygens (including phenoxy) is 2. The average molecular weight is 362 g/mol. The van der Waals surface area contributed by atoms with E-state index in [0.29, 0.717) is 11.1 Å². The fraction of sp³-hybridized carbons (Fsp3) is 0.0909. The summed E-state index contributed by atoms with van der Waals surface area (Å²) in [4.78, 5) is 25.6. The predicted molar refractivity (Wildman–Crippen MR) is 100 cm³/mol. The van der Waals surface area contributed by atoms with E-state index in [4.69, 9.17) is 9.47 Å². The van der Waals surface area contributed by atoms with Crippen molar-refractivity contribution in [1.29, 1.82) is 0 Å². The van der Waals surface area contributed by atoms with E-state index >= 15 is 0 Å². The SMILES string of the molecule is COc1cccc(C(=O)OC(C(=O)c2ccccc2)c2ccccc2)c1O. The number of methoxy groups -OCH3 is 1. The monoisotopic (exact) mass is 362 g/mol. The van der Waals surface area contributed by atoms with Crippen LogP contribution in [0.25, 0.3) is 0 Å². The average Bonchev–Trinajstić information content (AvgIpc) is 2.73. The Morgan fingerprint density at radius 2 is 1.48 bits per heavy atom. The summed E-state index contributed by atoms with van der Waals surface area (Å²) in [6.07, 6.45) is -1.13. The summed E-state index contributed by atoms with van der Waals surface area (Å²) in [5.74, 6) is -1.35. The van der Waals surface area contributed by atoms with Crippen LogP contribution in [0, 0.1) is 0 Å². The third-order valence-electron chi connectivity index (χ3n) is 4.06. The van der Waals surface area contributed by atoms with Gasteiger partial charge in [-0.1, -0.05) is 66.7 Å². The first-order valence-corrected chi connectivity index (χ1v) is 8.33. The third-order valence-corrected chi connectivity index (χ3v) is 4.06. The Bertz CT molecular complexity index is 935. The summed E-state index contributed by atoms with van der Waals surface area (Å²) in [5, 5.41) is 10.2.